The van der Waals surface area contributed by atoms with Gasteiger partial charge < -0.3 is 5.32 Å². The van der Waals surface area contributed by atoms with Crippen LogP contribution in [0.4, 0.5) is 0 Å². The van der Waals surface area contributed by atoms with E-state index < -0.39 is 0 Å². The van der Waals surface area contributed by atoms with Gasteiger partial charge in [0, 0.05) is 30.2 Å². The summed E-state index contributed by atoms with van der Waals surface area (Å²) in [5.74, 6) is 0.0162. The molecule has 2 heterocycles. The van der Waals surface area contributed by atoms with E-state index in [9.17, 15) is 4.79 Å². The lowest BCUT2D eigenvalue weighted by Gasteiger charge is -2.12. The van der Waals surface area contributed by atoms with Crippen molar-refractivity contribution in [3.63, 3.8) is 0 Å². The van der Waals surface area contributed by atoms with E-state index in [0.717, 1.165) is 9.21 Å². The van der Waals surface area contributed by atoms with E-state index in [1.807, 2.05) is 31.3 Å². The highest BCUT2D eigenvalue weighted by Crippen LogP contribution is 2.26. The Hall–Kier alpha value is -1.33. The van der Waals surface area contributed by atoms with Crippen LogP contribution in [-0.4, -0.2) is 15.7 Å². The summed E-state index contributed by atoms with van der Waals surface area (Å²) < 4.78 is 2.48. The summed E-state index contributed by atoms with van der Waals surface area (Å²) in [6.07, 6.45) is 3.97. The van der Waals surface area contributed by atoms with Crippen LogP contribution >= 0.6 is 22.9 Å². The van der Waals surface area contributed by atoms with Crippen molar-refractivity contribution >= 4 is 28.8 Å². The summed E-state index contributed by atoms with van der Waals surface area (Å²) in [6, 6.07) is 5.61. The zero-order valence-electron chi connectivity index (χ0n) is 9.97. The summed E-state index contributed by atoms with van der Waals surface area (Å²) >= 11 is 7.35. The summed E-state index contributed by atoms with van der Waals surface area (Å²) in [5, 5.41) is 6.99. The predicted octanol–water partition coefficient (Wildman–Crippen LogP) is 2.87. The van der Waals surface area contributed by atoms with Gasteiger partial charge >= 0.3 is 0 Å². The average molecular weight is 284 g/mol. The number of aromatic nitrogens is 2. The molecule has 0 aromatic carbocycles. The quantitative estimate of drug-likeness (QED) is 0.917. The lowest BCUT2D eigenvalue weighted by molar-refractivity contribution is -0.122. The first kappa shape index (κ1) is 13.1. The van der Waals surface area contributed by atoms with Crippen LogP contribution in [0.1, 0.15) is 24.3 Å². The van der Waals surface area contributed by atoms with E-state index in [2.05, 4.69) is 10.4 Å². The number of hydrogen-bond donors (Lipinski definition) is 1. The molecule has 0 radical (unpaired) electrons. The number of halogens is 1. The number of carbonyl (C=O) groups is 1. The minimum atomic E-state index is -0.00683. The molecule has 18 heavy (non-hydrogen) atoms. The molecular formula is C12H14ClN3OS. The fourth-order valence-electron chi connectivity index (χ4n) is 1.59. The highest BCUT2D eigenvalue weighted by molar-refractivity contribution is 7.16. The molecule has 0 aliphatic heterocycles. The van der Waals surface area contributed by atoms with Crippen molar-refractivity contribution in [1.29, 1.82) is 0 Å². The molecule has 1 N–H and O–H groups in total. The third-order valence-electron chi connectivity index (χ3n) is 2.53. The van der Waals surface area contributed by atoms with Crippen LogP contribution in [0.2, 0.25) is 4.34 Å². The SMILES string of the molecule is C[C@@H](NC(=O)CCn1cccn1)c1ccc(Cl)s1. The second kappa shape index (κ2) is 6.02. The number of thiophene rings is 1. The second-order valence-corrected chi connectivity index (χ2v) is 5.70. The van der Waals surface area contributed by atoms with Gasteiger partial charge in [-0.05, 0) is 25.1 Å². The number of rotatable bonds is 5. The Labute approximate surface area is 115 Å². The maximum Gasteiger partial charge on any atom is 0.222 e. The van der Waals surface area contributed by atoms with Crippen molar-refractivity contribution in [3.05, 3.63) is 39.8 Å². The lowest BCUT2D eigenvalue weighted by Crippen LogP contribution is -2.27. The van der Waals surface area contributed by atoms with Gasteiger partial charge in [-0.3, -0.25) is 9.48 Å². The van der Waals surface area contributed by atoms with Crippen molar-refractivity contribution in [2.45, 2.75) is 25.9 Å². The van der Waals surface area contributed by atoms with E-state index in [-0.39, 0.29) is 11.9 Å². The van der Waals surface area contributed by atoms with Gasteiger partial charge in [0.15, 0.2) is 0 Å². The number of hydrogen-bond acceptors (Lipinski definition) is 3. The first-order valence-corrected chi connectivity index (χ1v) is 6.86. The molecule has 1 amide bonds. The van der Waals surface area contributed by atoms with E-state index in [1.54, 1.807) is 10.9 Å². The van der Waals surface area contributed by atoms with Crippen LogP contribution in [0.25, 0.3) is 0 Å². The zero-order valence-corrected chi connectivity index (χ0v) is 11.5. The summed E-state index contributed by atoms with van der Waals surface area (Å²) in [7, 11) is 0. The van der Waals surface area contributed by atoms with Crippen molar-refractivity contribution < 1.29 is 4.79 Å². The smallest absolute Gasteiger partial charge is 0.222 e. The number of aryl methyl sites for hydroxylation is 1. The van der Waals surface area contributed by atoms with Gasteiger partial charge in [-0.15, -0.1) is 11.3 Å². The molecule has 6 heteroatoms. The minimum absolute atomic E-state index is 0.00683. The molecular weight excluding hydrogens is 270 g/mol. The van der Waals surface area contributed by atoms with Gasteiger partial charge in [0.25, 0.3) is 0 Å². The highest BCUT2D eigenvalue weighted by Gasteiger charge is 2.11. The minimum Gasteiger partial charge on any atom is -0.349 e. The van der Waals surface area contributed by atoms with Crippen molar-refractivity contribution in [3.8, 4) is 0 Å². The van der Waals surface area contributed by atoms with Gasteiger partial charge in [0.2, 0.25) is 5.91 Å². The summed E-state index contributed by atoms with van der Waals surface area (Å²) in [5.41, 5.74) is 0. The molecule has 0 unspecified atom stereocenters. The number of amides is 1. The van der Waals surface area contributed by atoms with Crippen LogP contribution in [-0.2, 0) is 11.3 Å². The largest absolute Gasteiger partial charge is 0.349 e. The molecule has 0 bridgehead atoms. The van der Waals surface area contributed by atoms with Crippen molar-refractivity contribution in [2.75, 3.05) is 0 Å². The van der Waals surface area contributed by atoms with Gasteiger partial charge in [-0.25, -0.2) is 0 Å². The topological polar surface area (TPSA) is 46.9 Å². The van der Waals surface area contributed by atoms with Gasteiger partial charge in [0.1, 0.15) is 0 Å². The Morgan fingerprint density at radius 2 is 2.44 bits per heavy atom. The predicted molar refractivity (Wildman–Crippen MR) is 72.7 cm³/mol. The average Bonchev–Trinajstić information content (AvgIpc) is 2.97. The van der Waals surface area contributed by atoms with Gasteiger partial charge in [0.05, 0.1) is 10.4 Å². The Morgan fingerprint density at radius 1 is 1.61 bits per heavy atom. The highest BCUT2D eigenvalue weighted by atomic mass is 35.5. The van der Waals surface area contributed by atoms with Crippen LogP contribution in [0.15, 0.2) is 30.6 Å². The monoisotopic (exact) mass is 283 g/mol. The van der Waals surface area contributed by atoms with Crippen molar-refractivity contribution in [2.24, 2.45) is 0 Å². The van der Waals surface area contributed by atoms with E-state index >= 15 is 0 Å². The number of nitrogens with zero attached hydrogens (tertiary/aromatic N) is 2. The van der Waals surface area contributed by atoms with E-state index in [4.69, 9.17) is 11.6 Å². The third kappa shape index (κ3) is 3.58. The first-order valence-electron chi connectivity index (χ1n) is 5.67. The molecule has 0 aliphatic carbocycles. The number of carbonyl (C=O) groups excluding carboxylic acids is 1. The Bertz CT molecular complexity index is 509. The number of nitrogens with one attached hydrogen (secondary N) is 1. The van der Waals surface area contributed by atoms with Crippen LogP contribution in [0.3, 0.4) is 0 Å². The molecule has 2 aromatic rings. The van der Waals surface area contributed by atoms with E-state index in [1.165, 1.54) is 11.3 Å². The standard InChI is InChI=1S/C12H14ClN3OS/c1-9(10-3-4-11(13)18-10)15-12(17)5-8-16-7-2-6-14-16/h2-4,6-7,9H,5,8H2,1H3,(H,15,17)/t9-/m1/s1. The van der Waals surface area contributed by atoms with Crippen LogP contribution in [0, 0.1) is 0 Å². The normalized spacial score (nSPS) is 12.3. The first-order chi connectivity index (χ1) is 8.65. The van der Waals surface area contributed by atoms with Gasteiger partial charge in [-0.1, -0.05) is 11.6 Å². The van der Waals surface area contributed by atoms with Crippen LogP contribution < -0.4 is 5.32 Å². The molecule has 4 nitrogen and oxygen atoms in total. The molecule has 0 fully saturated rings. The van der Waals surface area contributed by atoms with E-state index in [0.29, 0.717) is 13.0 Å². The maximum absolute atomic E-state index is 11.7. The lowest BCUT2D eigenvalue weighted by atomic mass is 10.2. The molecule has 0 aliphatic rings. The molecule has 0 saturated carbocycles. The molecule has 96 valence electrons. The fraction of sp³-hybridized carbons (Fsp3) is 0.333. The summed E-state index contributed by atoms with van der Waals surface area (Å²) in [4.78, 5) is 12.8. The Kier molecular flexibility index (Phi) is 4.38. The third-order valence-corrected chi connectivity index (χ3v) is 3.94. The second-order valence-electron chi connectivity index (χ2n) is 3.95. The van der Waals surface area contributed by atoms with Crippen molar-refractivity contribution in [1.82, 2.24) is 15.1 Å². The molecule has 0 spiro atoms. The fourth-order valence-corrected chi connectivity index (χ4v) is 2.66. The maximum atomic E-state index is 11.7. The molecule has 1 atom stereocenters. The Balaban J connectivity index is 1.80. The summed E-state index contributed by atoms with van der Waals surface area (Å²) in [6.45, 7) is 2.55. The molecule has 2 aromatic heterocycles. The molecule has 2 rings (SSSR count). The van der Waals surface area contributed by atoms with Gasteiger partial charge in [-0.2, -0.15) is 5.10 Å². The molecule has 0 saturated heterocycles. The zero-order chi connectivity index (χ0) is 13.0. The van der Waals surface area contributed by atoms with Crippen LogP contribution in [0.5, 0.6) is 0 Å². The Morgan fingerprint density at radius 3 is 3.06 bits per heavy atom.